The van der Waals surface area contributed by atoms with Gasteiger partial charge in [-0.1, -0.05) is 60.7 Å². The molecule has 1 aliphatic rings. The topological polar surface area (TPSA) is 42.7 Å². The number of nitrogens with zero attached hydrogens (tertiary/aromatic N) is 1. The molecule has 0 N–H and O–H groups in total. The second-order valence-electron chi connectivity index (χ2n) is 7.46. The molecule has 0 atom stereocenters. The Kier molecular flexibility index (Phi) is 4.41. The van der Waals surface area contributed by atoms with Crippen LogP contribution in [0.5, 0.6) is 5.75 Å². The molecular weight excluding hydrogens is 362 g/mol. The number of hydrogen-bond donors (Lipinski definition) is 0. The molecule has 1 aromatic heterocycles. The van der Waals surface area contributed by atoms with Crippen LogP contribution in [-0.2, 0) is 13.1 Å². The average molecular weight is 383 g/mol. The summed E-state index contributed by atoms with van der Waals surface area (Å²) in [5.41, 5.74) is 5.40. The molecule has 1 aliphatic heterocycles. The van der Waals surface area contributed by atoms with E-state index in [0.29, 0.717) is 12.3 Å². The largest absolute Gasteiger partial charge is 0.477 e. The zero-order chi connectivity index (χ0) is 19.8. The van der Waals surface area contributed by atoms with Gasteiger partial charge in [-0.05, 0) is 29.7 Å². The van der Waals surface area contributed by atoms with Gasteiger partial charge in [0.25, 0.3) is 0 Å². The predicted molar refractivity (Wildman–Crippen MR) is 114 cm³/mol. The van der Waals surface area contributed by atoms with Crippen molar-refractivity contribution in [3.63, 3.8) is 0 Å². The van der Waals surface area contributed by atoms with Gasteiger partial charge in [-0.3, -0.25) is 4.90 Å². The minimum atomic E-state index is -0.346. The Balaban J connectivity index is 1.60. The van der Waals surface area contributed by atoms with Crippen molar-refractivity contribution in [2.75, 3.05) is 6.73 Å². The molecule has 29 heavy (non-hydrogen) atoms. The van der Waals surface area contributed by atoms with E-state index in [1.54, 1.807) is 6.07 Å². The van der Waals surface area contributed by atoms with E-state index < -0.39 is 0 Å². The van der Waals surface area contributed by atoms with E-state index in [1.165, 1.54) is 5.56 Å². The van der Waals surface area contributed by atoms with Gasteiger partial charge in [-0.2, -0.15) is 0 Å². The molecule has 0 fully saturated rings. The van der Waals surface area contributed by atoms with E-state index in [2.05, 4.69) is 35.2 Å². The third kappa shape index (κ3) is 3.32. The van der Waals surface area contributed by atoms with Gasteiger partial charge in [0.05, 0.1) is 0 Å². The van der Waals surface area contributed by atoms with Crippen LogP contribution in [0.3, 0.4) is 0 Å². The van der Waals surface area contributed by atoms with Crippen LogP contribution < -0.4 is 10.4 Å². The number of aryl methyl sites for hydroxylation is 1. The number of ether oxygens (including phenoxy) is 1. The smallest absolute Gasteiger partial charge is 0.336 e. The van der Waals surface area contributed by atoms with Crippen molar-refractivity contribution in [1.29, 1.82) is 0 Å². The summed E-state index contributed by atoms with van der Waals surface area (Å²) < 4.78 is 11.7. The molecule has 144 valence electrons. The van der Waals surface area contributed by atoms with Crippen LogP contribution in [0, 0.1) is 6.92 Å². The number of fused-ring (bicyclic) bond motifs is 2. The highest BCUT2D eigenvalue weighted by molar-refractivity contribution is 5.96. The second-order valence-corrected chi connectivity index (χ2v) is 7.46. The molecule has 0 amide bonds. The summed E-state index contributed by atoms with van der Waals surface area (Å²) in [5.74, 6) is 0.829. The molecule has 4 heteroatoms. The fraction of sp³-hybridized carbons (Fsp3) is 0.160. The highest BCUT2D eigenvalue weighted by Crippen LogP contribution is 2.38. The van der Waals surface area contributed by atoms with Gasteiger partial charge in [0.15, 0.2) is 0 Å². The summed E-state index contributed by atoms with van der Waals surface area (Å²) in [7, 11) is 0. The Hall–Kier alpha value is -3.37. The molecule has 0 bridgehead atoms. The maximum absolute atomic E-state index is 12.2. The van der Waals surface area contributed by atoms with Crippen LogP contribution in [0.2, 0.25) is 0 Å². The first-order chi connectivity index (χ1) is 14.2. The third-order valence-corrected chi connectivity index (χ3v) is 5.41. The van der Waals surface area contributed by atoms with Gasteiger partial charge < -0.3 is 9.15 Å². The molecule has 0 spiro atoms. The molecule has 0 unspecified atom stereocenters. The summed E-state index contributed by atoms with van der Waals surface area (Å²) in [6, 6.07) is 24.0. The molecule has 3 aromatic carbocycles. The van der Waals surface area contributed by atoms with Crippen molar-refractivity contribution in [1.82, 2.24) is 4.90 Å². The van der Waals surface area contributed by atoms with Crippen molar-refractivity contribution >= 4 is 11.0 Å². The summed E-state index contributed by atoms with van der Waals surface area (Å²) in [6.45, 7) is 4.09. The normalized spacial score (nSPS) is 13.8. The van der Waals surface area contributed by atoms with Gasteiger partial charge in [-0.25, -0.2) is 4.79 Å². The van der Waals surface area contributed by atoms with Gasteiger partial charge in [0.1, 0.15) is 18.1 Å². The monoisotopic (exact) mass is 383 g/mol. The fourth-order valence-corrected chi connectivity index (χ4v) is 4.07. The molecule has 0 saturated heterocycles. The summed E-state index contributed by atoms with van der Waals surface area (Å²) in [6.07, 6.45) is 0. The zero-order valence-electron chi connectivity index (χ0n) is 16.2. The average Bonchev–Trinajstić information content (AvgIpc) is 2.75. The van der Waals surface area contributed by atoms with Gasteiger partial charge in [0, 0.05) is 35.7 Å². The lowest BCUT2D eigenvalue weighted by Crippen LogP contribution is -2.31. The van der Waals surface area contributed by atoms with Crippen LogP contribution in [0.1, 0.15) is 16.7 Å². The van der Waals surface area contributed by atoms with Crippen LogP contribution in [0.4, 0.5) is 0 Å². The minimum absolute atomic E-state index is 0.346. The second kappa shape index (κ2) is 7.22. The standard InChI is InChI=1S/C25H21NO3/c1-17-24-20(15-26(16-28-24)14-18-8-4-2-5-9-18)12-22-21(13-23(27)29-25(17)22)19-10-6-3-7-11-19/h2-13H,14-16H2,1H3. The lowest BCUT2D eigenvalue weighted by molar-refractivity contribution is 0.0881. The van der Waals surface area contributed by atoms with Gasteiger partial charge >= 0.3 is 5.63 Å². The van der Waals surface area contributed by atoms with Crippen LogP contribution in [0.25, 0.3) is 22.1 Å². The highest BCUT2D eigenvalue weighted by Gasteiger charge is 2.23. The van der Waals surface area contributed by atoms with Crippen LogP contribution in [-0.4, -0.2) is 11.6 Å². The molecule has 4 nitrogen and oxygen atoms in total. The number of rotatable bonds is 3. The Morgan fingerprint density at radius 2 is 1.69 bits per heavy atom. The molecule has 2 heterocycles. The first-order valence-corrected chi connectivity index (χ1v) is 9.74. The van der Waals surface area contributed by atoms with E-state index in [-0.39, 0.29) is 5.63 Å². The van der Waals surface area contributed by atoms with E-state index >= 15 is 0 Å². The minimum Gasteiger partial charge on any atom is -0.477 e. The Morgan fingerprint density at radius 3 is 2.45 bits per heavy atom. The van der Waals surface area contributed by atoms with Crippen LogP contribution >= 0.6 is 0 Å². The molecule has 0 radical (unpaired) electrons. The highest BCUT2D eigenvalue weighted by atomic mass is 16.5. The third-order valence-electron chi connectivity index (χ3n) is 5.41. The molecular formula is C25H21NO3. The Labute approximate surface area is 169 Å². The van der Waals surface area contributed by atoms with Crippen molar-refractivity contribution in [3.05, 3.63) is 99.9 Å². The van der Waals surface area contributed by atoms with Gasteiger partial charge in [-0.15, -0.1) is 0 Å². The fourth-order valence-electron chi connectivity index (χ4n) is 4.07. The Morgan fingerprint density at radius 1 is 0.966 bits per heavy atom. The first kappa shape index (κ1) is 17.7. The summed E-state index contributed by atoms with van der Waals surface area (Å²) in [5, 5.41) is 0.942. The first-order valence-electron chi connectivity index (χ1n) is 9.74. The SMILES string of the molecule is Cc1c2c(cc3c(-c4ccccc4)cc(=O)oc13)CN(Cc1ccccc1)CO2. The van der Waals surface area contributed by atoms with Crippen molar-refractivity contribution in [2.24, 2.45) is 0 Å². The quantitative estimate of drug-likeness (QED) is 0.461. The van der Waals surface area contributed by atoms with Crippen LogP contribution in [0.15, 0.2) is 82.0 Å². The lowest BCUT2D eigenvalue weighted by atomic mass is 9.97. The zero-order valence-corrected chi connectivity index (χ0v) is 16.2. The number of benzene rings is 3. The van der Waals surface area contributed by atoms with E-state index in [4.69, 9.17) is 9.15 Å². The lowest BCUT2D eigenvalue weighted by Gasteiger charge is -2.30. The maximum Gasteiger partial charge on any atom is 0.336 e. The maximum atomic E-state index is 12.2. The van der Waals surface area contributed by atoms with Crippen molar-refractivity contribution < 1.29 is 9.15 Å². The van der Waals surface area contributed by atoms with E-state index in [9.17, 15) is 4.79 Å². The predicted octanol–water partition coefficient (Wildman–Crippen LogP) is 5.12. The molecule has 0 saturated carbocycles. The Bertz CT molecular complexity index is 1230. The van der Waals surface area contributed by atoms with E-state index in [1.807, 2.05) is 43.3 Å². The molecule has 0 aliphatic carbocycles. The van der Waals surface area contributed by atoms with E-state index in [0.717, 1.165) is 46.5 Å². The van der Waals surface area contributed by atoms with Crippen molar-refractivity contribution in [2.45, 2.75) is 20.0 Å². The molecule has 4 aromatic rings. The number of hydrogen-bond acceptors (Lipinski definition) is 4. The van der Waals surface area contributed by atoms with Crippen molar-refractivity contribution in [3.8, 4) is 16.9 Å². The summed E-state index contributed by atoms with van der Waals surface area (Å²) in [4.78, 5) is 14.5. The molecule has 5 rings (SSSR count). The van der Waals surface area contributed by atoms with Gasteiger partial charge in [0.2, 0.25) is 0 Å². The summed E-state index contributed by atoms with van der Waals surface area (Å²) >= 11 is 0.